The largest absolute Gasteiger partial charge is 0.457 e. The Hall–Kier alpha value is -3.80. The molecule has 0 radical (unpaired) electrons. The Morgan fingerprint density at radius 2 is 1.45 bits per heavy atom. The van der Waals surface area contributed by atoms with Crippen molar-refractivity contribution in [1.82, 2.24) is 4.90 Å². The topological polar surface area (TPSA) is 70.7 Å². The van der Waals surface area contributed by atoms with Gasteiger partial charge in [0.1, 0.15) is 11.5 Å². The third kappa shape index (κ3) is 7.38. The second-order valence-corrected chi connectivity index (χ2v) is 7.71. The van der Waals surface area contributed by atoms with Crippen LogP contribution in [0.25, 0.3) is 0 Å². The van der Waals surface area contributed by atoms with Gasteiger partial charge in [-0.3, -0.25) is 9.59 Å². The van der Waals surface area contributed by atoms with Gasteiger partial charge in [-0.1, -0.05) is 38.1 Å². The van der Waals surface area contributed by atoms with Gasteiger partial charge in [0.05, 0.1) is 6.54 Å². The second-order valence-electron chi connectivity index (χ2n) is 7.71. The molecule has 172 valence electrons. The number of para-hydroxylation sites is 1. The first-order chi connectivity index (χ1) is 16.1. The molecule has 6 nitrogen and oxygen atoms in total. The molecule has 3 aromatic carbocycles. The van der Waals surface area contributed by atoms with Gasteiger partial charge < -0.3 is 20.3 Å². The summed E-state index contributed by atoms with van der Waals surface area (Å²) >= 11 is 0. The van der Waals surface area contributed by atoms with E-state index < -0.39 is 0 Å². The number of carbonyl (C=O) groups excluding carboxylic acids is 2. The fraction of sp³-hybridized carbons (Fsp3) is 0.259. The van der Waals surface area contributed by atoms with Crippen LogP contribution in [0.1, 0.15) is 37.0 Å². The molecule has 6 heteroatoms. The Balaban J connectivity index is 1.52. The third-order valence-corrected chi connectivity index (χ3v) is 4.95. The summed E-state index contributed by atoms with van der Waals surface area (Å²) in [6.45, 7) is 5.67. The average molecular weight is 446 g/mol. The SMILES string of the molecule is CCCN(CCC)C(=O)c1cccc(NC(=O)CNc2ccc(Oc3ccccc3)cc2)c1. The standard InChI is InChI=1S/C27H31N3O3/c1-3-17-30(18-4-2)27(32)21-9-8-10-23(19-21)29-26(31)20-28-22-13-15-25(16-14-22)33-24-11-6-5-7-12-24/h5-16,19,28H,3-4,17-18,20H2,1-2H3,(H,29,31). The van der Waals surface area contributed by atoms with Crippen LogP contribution in [0.15, 0.2) is 78.9 Å². The highest BCUT2D eigenvalue weighted by molar-refractivity contribution is 5.98. The van der Waals surface area contributed by atoms with E-state index in [1.807, 2.05) is 59.5 Å². The summed E-state index contributed by atoms with van der Waals surface area (Å²) < 4.78 is 5.78. The summed E-state index contributed by atoms with van der Waals surface area (Å²) in [5.74, 6) is 1.29. The van der Waals surface area contributed by atoms with Crippen LogP contribution < -0.4 is 15.4 Å². The van der Waals surface area contributed by atoms with Crippen molar-refractivity contribution in [2.24, 2.45) is 0 Å². The Kier molecular flexibility index (Phi) is 8.88. The number of amides is 2. The van der Waals surface area contributed by atoms with Crippen molar-refractivity contribution in [2.75, 3.05) is 30.3 Å². The highest BCUT2D eigenvalue weighted by atomic mass is 16.5. The van der Waals surface area contributed by atoms with Gasteiger partial charge in [-0.25, -0.2) is 0 Å². The number of rotatable bonds is 11. The number of hydrogen-bond acceptors (Lipinski definition) is 4. The highest BCUT2D eigenvalue weighted by Crippen LogP contribution is 2.22. The zero-order valence-corrected chi connectivity index (χ0v) is 19.2. The predicted molar refractivity (Wildman–Crippen MR) is 133 cm³/mol. The average Bonchev–Trinajstić information content (AvgIpc) is 2.84. The van der Waals surface area contributed by atoms with Gasteiger partial charge >= 0.3 is 0 Å². The molecule has 3 aromatic rings. The molecule has 33 heavy (non-hydrogen) atoms. The van der Waals surface area contributed by atoms with Gasteiger partial charge in [-0.15, -0.1) is 0 Å². The van der Waals surface area contributed by atoms with Crippen LogP contribution in [0.5, 0.6) is 11.5 Å². The summed E-state index contributed by atoms with van der Waals surface area (Å²) in [6, 6.07) is 24.1. The summed E-state index contributed by atoms with van der Waals surface area (Å²) in [5, 5.41) is 5.96. The van der Waals surface area contributed by atoms with E-state index in [1.54, 1.807) is 24.3 Å². The fourth-order valence-corrected chi connectivity index (χ4v) is 3.42. The van der Waals surface area contributed by atoms with Crippen molar-refractivity contribution in [3.63, 3.8) is 0 Å². The molecule has 0 unspecified atom stereocenters. The zero-order valence-electron chi connectivity index (χ0n) is 19.2. The summed E-state index contributed by atoms with van der Waals surface area (Å²) in [7, 11) is 0. The van der Waals surface area contributed by atoms with E-state index in [0.29, 0.717) is 11.3 Å². The molecule has 0 bridgehead atoms. The van der Waals surface area contributed by atoms with E-state index in [0.717, 1.165) is 43.1 Å². The molecule has 2 N–H and O–H groups in total. The molecule has 0 saturated carbocycles. The minimum absolute atomic E-state index is 0.00858. The molecule has 0 saturated heterocycles. The van der Waals surface area contributed by atoms with Gasteiger partial charge in [-0.2, -0.15) is 0 Å². The number of ether oxygens (including phenoxy) is 1. The molecule has 0 heterocycles. The molecule has 0 aromatic heterocycles. The van der Waals surface area contributed by atoms with E-state index in [1.165, 1.54) is 0 Å². The fourth-order valence-electron chi connectivity index (χ4n) is 3.42. The van der Waals surface area contributed by atoms with Crippen molar-refractivity contribution in [2.45, 2.75) is 26.7 Å². The number of nitrogens with one attached hydrogen (secondary N) is 2. The number of anilines is 2. The van der Waals surface area contributed by atoms with Crippen LogP contribution in [-0.4, -0.2) is 36.3 Å². The molecule has 0 aliphatic rings. The molecule has 0 atom stereocenters. The van der Waals surface area contributed by atoms with E-state index in [2.05, 4.69) is 24.5 Å². The molecule has 0 aliphatic heterocycles. The maximum Gasteiger partial charge on any atom is 0.253 e. The van der Waals surface area contributed by atoms with Crippen LogP contribution in [0.2, 0.25) is 0 Å². The predicted octanol–water partition coefficient (Wildman–Crippen LogP) is 5.79. The van der Waals surface area contributed by atoms with Crippen LogP contribution in [0, 0.1) is 0 Å². The van der Waals surface area contributed by atoms with E-state index in [-0.39, 0.29) is 18.4 Å². The Labute approximate surface area is 195 Å². The molecule has 2 amide bonds. The molecule has 0 aliphatic carbocycles. The Bertz CT molecular complexity index is 1030. The molecule has 0 spiro atoms. The minimum atomic E-state index is -0.191. The van der Waals surface area contributed by atoms with Gasteiger partial charge in [-0.05, 0) is 67.4 Å². The number of nitrogens with zero attached hydrogens (tertiary/aromatic N) is 1. The Morgan fingerprint density at radius 1 is 0.788 bits per heavy atom. The van der Waals surface area contributed by atoms with Crippen molar-refractivity contribution in [1.29, 1.82) is 0 Å². The second kappa shape index (κ2) is 12.3. The molecular weight excluding hydrogens is 414 g/mol. The Morgan fingerprint density at radius 3 is 2.12 bits per heavy atom. The maximum absolute atomic E-state index is 12.8. The summed E-state index contributed by atoms with van der Waals surface area (Å²) in [6.07, 6.45) is 1.82. The van der Waals surface area contributed by atoms with Crippen LogP contribution in [0.3, 0.4) is 0 Å². The summed E-state index contributed by atoms with van der Waals surface area (Å²) in [4.78, 5) is 27.1. The van der Waals surface area contributed by atoms with E-state index in [9.17, 15) is 9.59 Å². The highest BCUT2D eigenvalue weighted by Gasteiger charge is 2.15. The number of benzene rings is 3. The maximum atomic E-state index is 12.8. The van der Waals surface area contributed by atoms with Gasteiger partial charge in [0.15, 0.2) is 0 Å². The first-order valence-corrected chi connectivity index (χ1v) is 11.3. The number of carbonyl (C=O) groups is 2. The molecule has 0 fully saturated rings. The molecular formula is C27H31N3O3. The van der Waals surface area contributed by atoms with E-state index >= 15 is 0 Å². The van der Waals surface area contributed by atoms with E-state index in [4.69, 9.17) is 4.74 Å². The van der Waals surface area contributed by atoms with Crippen molar-refractivity contribution < 1.29 is 14.3 Å². The van der Waals surface area contributed by atoms with Gasteiger partial charge in [0.25, 0.3) is 5.91 Å². The zero-order chi connectivity index (χ0) is 23.5. The number of hydrogen-bond donors (Lipinski definition) is 2. The van der Waals surface area contributed by atoms with Crippen LogP contribution in [0.4, 0.5) is 11.4 Å². The molecule has 3 rings (SSSR count). The lowest BCUT2D eigenvalue weighted by atomic mass is 10.1. The summed E-state index contributed by atoms with van der Waals surface area (Å²) in [5.41, 5.74) is 1.99. The normalized spacial score (nSPS) is 10.4. The lowest BCUT2D eigenvalue weighted by molar-refractivity contribution is -0.114. The van der Waals surface area contributed by atoms with Crippen molar-refractivity contribution in [3.05, 3.63) is 84.4 Å². The lowest BCUT2D eigenvalue weighted by Gasteiger charge is -2.21. The van der Waals surface area contributed by atoms with Crippen molar-refractivity contribution in [3.8, 4) is 11.5 Å². The quantitative estimate of drug-likeness (QED) is 0.392. The lowest BCUT2D eigenvalue weighted by Crippen LogP contribution is -2.32. The third-order valence-electron chi connectivity index (χ3n) is 4.95. The van der Waals surface area contributed by atoms with Crippen LogP contribution >= 0.6 is 0 Å². The smallest absolute Gasteiger partial charge is 0.253 e. The van der Waals surface area contributed by atoms with Crippen molar-refractivity contribution >= 4 is 23.2 Å². The van der Waals surface area contributed by atoms with Crippen LogP contribution in [-0.2, 0) is 4.79 Å². The first-order valence-electron chi connectivity index (χ1n) is 11.3. The monoisotopic (exact) mass is 445 g/mol. The van der Waals surface area contributed by atoms with Gasteiger partial charge in [0, 0.05) is 30.0 Å². The minimum Gasteiger partial charge on any atom is -0.457 e. The van der Waals surface area contributed by atoms with Gasteiger partial charge in [0.2, 0.25) is 5.91 Å². The first kappa shape index (κ1) is 23.9.